The number of hydrogen-bond donors (Lipinski definition) is 2. The van der Waals surface area contributed by atoms with E-state index in [0.29, 0.717) is 62.5 Å². The van der Waals surface area contributed by atoms with Crippen LogP contribution in [0.5, 0.6) is 0 Å². The maximum atomic E-state index is 12.8. The van der Waals surface area contributed by atoms with Gasteiger partial charge >= 0.3 is 6.03 Å². The smallest absolute Gasteiger partial charge is 0.320 e. The average Bonchev–Trinajstić information content (AvgIpc) is 4.03. The minimum absolute atomic E-state index is 0. The first kappa shape index (κ1) is 55.4. The second-order valence-corrected chi connectivity index (χ2v) is 26.0. The van der Waals surface area contributed by atoms with Gasteiger partial charge in [0.1, 0.15) is 21.4 Å². The van der Waals surface area contributed by atoms with Crippen LogP contribution in [-0.2, 0) is 67.6 Å². The van der Waals surface area contributed by atoms with E-state index < -0.39 is 40.8 Å². The Balaban J connectivity index is 0.000000250. The molecule has 2 N–H and O–H groups in total. The van der Waals surface area contributed by atoms with Gasteiger partial charge in [0.05, 0.1) is 70.8 Å². The zero-order valence-corrected chi connectivity index (χ0v) is 41.7. The standard InChI is InChI=1S/C18H27N3O5S.C13H20N2O2.C6H9ClO3S.C4H9NO2S.ClH/c1-18(2,3)16-12-13(19-26-16)11-15(22)14-5-4-6-21(14)17(23)20-7-9-27(24,25)10-8-20;1-13(2,3)12-8-9(15-17-12)7-11(16)10-5-4-6-14-10;7-6(8)5-1-3-11(9,10)4-2-5;6-8(7)3-1-5-2-4-8;/h12,14H,4-11H2,1-3H3;8,10,14H,4-7H2,1-3H3;5H,1-4H2;5H,1-4H2;1H/t14-;10-;;;/m00.../s1. The van der Waals surface area contributed by atoms with Gasteiger partial charge in [0, 0.05) is 61.6 Å². The Bertz CT molecular complexity index is 2190. The predicted octanol–water partition coefficient (Wildman–Crippen LogP) is 3.24. The number of nitrogens with zero attached hydrogens (tertiary/aromatic N) is 4. The van der Waals surface area contributed by atoms with Gasteiger partial charge in [-0.25, -0.2) is 30.0 Å². The van der Waals surface area contributed by atoms with Crippen LogP contribution >= 0.6 is 24.0 Å². The molecule has 5 saturated heterocycles. The number of aromatic nitrogens is 2. The third kappa shape index (κ3) is 17.7. The van der Waals surface area contributed by atoms with Crippen LogP contribution < -0.4 is 10.6 Å². The van der Waals surface area contributed by atoms with Crippen molar-refractivity contribution in [3.63, 3.8) is 0 Å². The van der Waals surface area contributed by atoms with Crippen molar-refractivity contribution in [3.8, 4) is 0 Å². The highest BCUT2D eigenvalue weighted by Crippen LogP contribution is 2.26. The predicted molar refractivity (Wildman–Crippen MR) is 245 cm³/mol. The average molecular weight is 1000 g/mol. The van der Waals surface area contributed by atoms with Crippen molar-refractivity contribution in [2.75, 3.05) is 73.8 Å². The van der Waals surface area contributed by atoms with Gasteiger partial charge in [0.2, 0.25) is 5.24 Å². The molecule has 64 heavy (non-hydrogen) atoms. The summed E-state index contributed by atoms with van der Waals surface area (Å²) in [4.78, 5) is 51.2. The number of urea groups is 1. The lowest BCUT2D eigenvalue weighted by Gasteiger charge is -2.33. The number of carbonyl (C=O) groups excluding carboxylic acids is 4. The molecule has 2 atom stereocenters. The Morgan fingerprint density at radius 3 is 1.58 bits per heavy atom. The van der Waals surface area contributed by atoms with Crippen molar-refractivity contribution in [2.45, 2.75) is 116 Å². The van der Waals surface area contributed by atoms with E-state index in [-0.39, 0.29) is 95.3 Å². The number of likely N-dealkylation sites (tertiary alicyclic amines) is 1. The number of carbonyl (C=O) groups is 4. The third-order valence-electron chi connectivity index (χ3n) is 11.3. The van der Waals surface area contributed by atoms with Crippen molar-refractivity contribution in [1.29, 1.82) is 0 Å². The Labute approximate surface area is 389 Å². The first-order valence-electron chi connectivity index (χ1n) is 21.5. The van der Waals surface area contributed by atoms with Crippen LogP contribution in [0.4, 0.5) is 4.79 Å². The summed E-state index contributed by atoms with van der Waals surface area (Å²) in [5.41, 5.74) is 1.08. The summed E-state index contributed by atoms with van der Waals surface area (Å²) in [7, 11) is -8.56. The monoisotopic (exact) mass is 1000 g/mol. The molecule has 7 heterocycles. The molecule has 5 aliphatic heterocycles. The van der Waals surface area contributed by atoms with Gasteiger partial charge in [0.15, 0.2) is 31.2 Å². The van der Waals surface area contributed by atoms with E-state index in [9.17, 15) is 44.4 Å². The summed E-state index contributed by atoms with van der Waals surface area (Å²) < 4.78 is 76.7. The highest BCUT2D eigenvalue weighted by molar-refractivity contribution is 7.92. The maximum absolute atomic E-state index is 12.8. The fourth-order valence-electron chi connectivity index (χ4n) is 7.27. The molecule has 2 amide bonds. The van der Waals surface area contributed by atoms with Crippen molar-refractivity contribution < 1.29 is 53.5 Å². The first-order chi connectivity index (χ1) is 29.3. The molecule has 0 aliphatic carbocycles. The number of rotatable bonds is 7. The van der Waals surface area contributed by atoms with E-state index in [1.807, 2.05) is 26.8 Å². The molecule has 18 nitrogen and oxygen atoms in total. The summed E-state index contributed by atoms with van der Waals surface area (Å²) in [6.45, 7) is 15.3. The fourth-order valence-corrected chi connectivity index (χ4v) is 11.3. The van der Waals surface area contributed by atoms with E-state index >= 15 is 0 Å². The number of amides is 2. The number of sulfone groups is 3. The Morgan fingerprint density at radius 2 is 1.16 bits per heavy atom. The van der Waals surface area contributed by atoms with E-state index in [2.05, 4.69) is 41.7 Å². The van der Waals surface area contributed by atoms with Crippen molar-refractivity contribution in [2.24, 2.45) is 5.92 Å². The molecule has 2 aromatic heterocycles. The minimum atomic E-state index is -3.05. The van der Waals surface area contributed by atoms with Crippen molar-refractivity contribution in [1.82, 2.24) is 30.7 Å². The van der Waals surface area contributed by atoms with Gasteiger partial charge in [-0.3, -0.25) is 14.4 Å². The second-order valence-electron chi connectivity index (χ2n) is 18.7. The number of halogens is 2. The molecule has 5 aliphatic rings. The minimum Gasteiger partial charge on any atom is -0.361 e. The Morgan fingerprint density at radius 1 is 0.672 bits per heavy atom. The van der Waals surface area contributed by atoms with Crippen LogP contribution in [0.2, 0.25) is 0 Å². The number of Topliss-reactive ketones (excluding diaryl/α,β-unsaturated/α-hetero) is 2. The second kappa shape index (κ2) is 23.7. The van der Waals surface area contributed by atoms with Crippen molar-refractivity contribution >= 4 is 76.4 Å². The summed E-state index contributed by atoms with van der Waals surface area (Å²) in [6, 6.07) is 2.99. The quantitative estimate of drug-likeness (QED) is 0.378. The van der Waals surface area contributed by atoms with E-state index in [4.69, 9.17) is 20.6 Å². The van der Waals surface area contributed by atoms with Gasteiger partial charge in [0.25, 0.3) is 0 Å². The van der Waals surface area contributed by atoms with Crippen LogP contribution in [0.15, 0.2) is 21.2 Å². The lowest BCUT2D eigenvalue weighted by atomic mass is 9.93. The van der Waals surface area contributed by atoms with E-state index in [1.54, 1.807) is 15.9 Å². The Kier molecular flexibility index (Phi) is 20.5. The summed E-state index contributed by atoms with van der Waals surface area (Å²) in [5, 5.41) is 13.7. The largest absolute Gasteiger partial charge is 0.361 e. The topological polar surface area (TPSA) is 253 Å². The van der Waals surface area contributed by atoms with Gasteiger partial charge < -0.3 is 29.5 Å². The van der Waals surface area contributed by atoms with Crippen LogP contribution in [0.3, 0.4) is 0 Å². The molecule has 7 rings (SSSR count). The molecule has 0 aromatic carbocycles. The van der Waals surface area contributed by atoms with Gasteiger partial charge in [-0.1, -0.05) is 51.9 Å². The van der Waals surface area contributed by atoms with Crippen LogP contribution in [0, 0.1) is 5.92 Å². The summed E-state index contributed by atoms with van der Waals surface area (Å²) in [6.07, 6.45) is 4.71. The van der Waals surface area contributed by atoms with E-state index in [1.165, 1.54) is 0 Å². The normalized spacial score (nSPS) is 22.9. The molecule has 0 radical (unpaired) electrons. The zero-order chi connectivity index (χ0) is 46.8. The van der Waals surface area contributed by atoms with Crippen LogP contribution in [-0.4, -0.2) is 154 Å². The zero-order valence-electron chi connectivity index (χ0n) is 37.7. The van der Waals surface area contributed by atoms with Crippen LogP contribution in [0.1, 0.15) is 103 Å². The lowest BCUT2D eigenvalue weighted by molar-refractivity contribution is -0.122. The number of ketones is 2. The summed E-state index contributed by atoms with van der Waals surface area (Å²) in [5.74, 6) is 2.29. The van der Waals surface area contributed by atoms with Crippen molar-refractivity contribution in [3.05, 3.63) is 35.0 Å². The fraction of sp³-hybridized carbons (Fsp3) is 0.756. The SMILES string of the molecule is CC(C)(C)c1cc(CC(=O)[C@@H]2CCCN2)no1.CC(C)(C)c1cc(CC(=O)[C@@H]2CCCN2C(=O)N2CCS(=O)(=O)CC2)no1.Cl.O=C(Cl)C1CCS(=O)(=O)CC1.O=S1(=O)CCNCC1. The molecule has 0 saturated carbocycles. The first-order valence-corrected chi connectivity index (χ1v) is 27.4. The van der Waals surface area contributed by atoms with Gasteiger partial charge in [-0.15, -0.1) is 12.4 Å². The van der Waals surface area contributed by atoms with Crippen LogP contribution in [0.25, 0.3) is 0 Å². The third-order valence-corrected chi connectivity index (χ3v) is 16.6. The Hall–Kier alpha value is -2.95. The molecule has 0 unspecified atom stereocenters. The molecular formula is C41H66Cl2N6O12S3. The number of nitrogens with one attached hydrogen (secondary N) is 2. The molecule has 2 aromatic rings. The maximum Gasteiger partial charge on any atom is 0.320 e. The van der Waals surface area contributed by atoms with E-state index in [0.717, 1.165) is 43.0 Å². The molecule has 364 valence electrons. The lowest BCUT2D eigenvalue weighted by Crippen LogP contribution is -2.52. The summed E-state index contributed by atoms with van der Waals surface area (Å²) >= 11 is 5.22. The molecule has 5 fully saturated rings. The highest BCUT2D eigenvalue weighted by Gasteiger charge is 2.38. The molecule has 0 bridgehead atoms. The highest BCUT2D eigenvalue weighted by atomic mass is 35.5. The number of hydrogen-bond acceptors (Lipinski definition) is 16. The molecule has 23 heteroatoms. The molecule has 0 spiro atoms. The van der Waals surface area contributed by atoms with Gasteiger partial charge in [-0.2, -0.15) is 0 Å². The molecular weight excluding hydrogens is 936 g/mol. The van der Waals surface area contributed by atoms with Gasteiger partial charge in [-0.05, 0) is 56.7 Å².